The Hall–Kier alpha value is -3.33. The van der Waals surface area contributed by atoms with Crippen molar-refractivity contribution in [1.29, 1.82) is 0 Å². The van der Waals surface area contributed by atoms with E-state index in [-0.39, 0.29) is 16.3 Å². The van der Waals surface area contributed by atoms with Gasteiger partial charge >= 0.3 is 5.97 Å². The summed E-state index contributed by atoms with van der Waals surface area (Å²) in [7, 11) is -1.14. The summed E-state index contributed by atoms with van der Waals surface area (Å²) in [5, 5.41) is 0.608. The second-order valence-corrected chi connectivity index (χ2v) is 7.45. The monoisotopic (exact) mass is 402 g/mol. The van der Waals surface area contributed by atoms with Gasteiger partial charge in [0, 0.05) is 18.4 Å². The molecule has 1 heterocycles. The number of methoxy groups -OCH3 is 2. The molecule has 146 valence electrons. The van der Waals surface area contributed by atoms with Gasteiger partial charge in [-0.1, -0.05) is 0 Å². The lowest BCUT2D eigenvalue weighted by Crippen LogP contribution is -2.14. The number of ether oxygens (including phenoxy) is 3. The Morgan fingerprint density at radius 3 is 2.43 bits per heavy atom. The fraction of sp³-hybridized carbons (Fsp3) is 0.158. The van der Waals surface area contributed by atoms with Crippen molar-refractivity contribution in [3.63, 3.8) is 0 Å². The topological polar surface area (TPSA) is 104 Å². The molecule has 0 amide bonds. The lowest BCUT2D eigenvalue weighted by molar-refractivity contribution is -0.131. The third-order valence-corrected chi connectivity index (χ3v) is 5.23. The van der Waals surface area contributed by atoms with E-state index in [0.717, 1.165) is 0 Å². The van der Waals surface area contributed by atoms with Crippen molar-refractivity contribution < 1.29 is 27.4 Å². The average Bonchev–Trinajstić information content (AvgIpc) is 2.66. The van der Waals surface area contributed by atoms with Gasteiger partial charge in [-0.25, -0.2) is 8.42 Å². The average molecular weight is 402 g/mol. The zero-order valence-electron chi connectivity index (χ0n) is 15.4. The maximum absolute atomic E-state index is 12.9. The van der Waals surface area contributed by atoms with Gasteiger partial charge < -0.3 is 14.2 Å². The second kappa shape index (κ2) is 7.73. The van der Waals surface area contributed by atoms with Crippen molar-refractivity contribution in [2.24, 2.45) is 0 Å². The standard InChI is InChI=1S/C19H18N2O6S/c1-12(22)27-16-4-6-17-13(9-16)8-14(11-20-17)21-28(23,24)19-10-15(25-2)5-7-18(19)26-3/h4-11,21H,1-3H3. The Bertz CT molecular complexity index is 1140. The van der Waals surface area contributed by atoms with E-state index < -0.39 is 16.0 Å². The van der Waals surface area contributed by atoms with E-state index in [9.17, 15) is 13.2 Å². The number of pyridine rings is 1. The first kappa shape index (κ1) is 19.4. The summed E-state index contributed by atoms with van der Waals surface area (Å²) in [5.74, 6) is 0.452. The third kappa shape index (κ3) is 4.15. The normalized spacial score (nSPS) is 11.1. The minimum Gasteiger partial charge on any atom is -0.497 e. The number of hydrogen-bond donors (Lipinski definition) is 1. The fourth-order valence-corrected chi connectivity index (χ4v) is 3.82. The van der Waals surface area contributed by atoms with Crippen molar-refractivity contribution >= 4 is 32.6 Å². The third-order valence-electron chi connectivity index (χ3n) is 3.83. The molecular weight excluding hydrogens is 384 g/mol. The zero-order chi connectivity index (χ0) is 20.3. The summed E-state index contributed by atoms with van der Waals surface area (Å²) >= 11 is 0. The number of anilines is 1. The van der Waals surface area contributed by atoms with E-state index in [1.54, 1.807) is 30.3 Å². The van der Waals surface area contributed by atoms with Crippen molar-refractivity contribution in [2.45, 2.75) is 11.8 Å². The number of fused-ring (bicyclic) bond motifs is 1. The van der Waals surface area contributed by atoms with Gasteiger partial charge in [-0.15, -0.1) is 0 Å². The summed E-state index contributed by atoms with van der Waals surface area (Å²) in [5.41, 5.74) is 0.871. The number of sulfonamides is 1. The molecule has 0 saturated heterocycles. The van der Waals surface area contributed by atoms with Crippen molar-refractivity contribution in [3.05, 3.63) is 48.7 Å². The van der Waals surface area contributed by atoms with Gasteiger partial charge in [-0.3, -0.25) is 14.5 Å². The lowest BCUT2D eigenvalue weighted by Gasteiger charge is -2.13. The van der Waals surface area contributed by atoms with Crippen molar-refractivity contribution in [2.75, 3.05) is 18.9 Å². The molecule has 0 unspecified atom stereocenters. The summed E-state index contributed by atoms with van der Waals surface area (Å²) in [6.45, 7) is 1.30. The van der Waals surface area contributed by atoms with E-state index >= 15 is 0 Å². The molecule has 0 atom stereocenters. The number of esters is 1. The summed E-state index contributed by atoms with van der Waals surface area (Å²) in [6, 6.07) is 11.0. The molecule has 0 aliphatic rings. The molecule has 0 radical (unpaired) electrons. The first-order valence-electron chi connectivity index (χ1n) is 8.15. The van der Waals surface area contributed by atoms with E-state index in [2.05, 4.69) is 9.71 Å². The second-order valence-electron chi connectivity index (χ2n) is 5.79. The smallest absolute Gasteiger partial charge is 0.308 e. The molecule has 8 nitrogen and oxygen atoms in total. The zero-order valence-corrected chi connectivity index (χ0v) is 16.2. The van der Waals surface area contributed by atoms with E-state index in [1.807, 2.05) is 0 Å². The minimum atomic E-state index is -3.97. The molecule has 0 bridgehead atoms. The highest BCUT2D eigenvalue weighted by molar-refractivity contribution is 7.92. The Kier molecular flexibility index (Phi) is 5.36. The quantitative estimate of drug-likeness (QED) is 0.499. The van der Waals surface area contributed by atoms with Crippen LogP contribution < -0.4 is 18.9 Å². The van der Waals surface area contributed by atoms with E-state index in [1.165, 1.54) is 39.5 Å². The predicted octanol–water partition coefficient (Wildman–Crippen LogP) is 2.98. The molecule has 9 heteroatoms. The van der Waals surface area contributed by atoms with Gasteiger partial charge in [-0.05, 0) is 36.4 Å². The number of carbonyl (C=O) groups is 1. The van der Waals surface area contributed by atoms with Gasteiger partial charge in [0.25, 0.3) is 10.0 Å². The Balaban J connectivity index is 1.98. The lowest BCUT2D eigenvalue weighted by atomic mass is 10.2. The molecular formula is C19H18N2O6S. The van der Waals surface area contributed by atoms with Crippen LogP contribution in [0.1, 0.15) is 6.92 Å². The first-order valence-corrected chi connectivity index (χ1v) is 9.64. The number of carbonyl (C=O) groups excluding carboxylic acids is 1. The first-order chi connectivity index (χ1) is 13.3. The van der Waals surface area contributed by atoms with Crippen LogP contribution in [0.25, 0.3) is 10.9 Å². The molecule has 0 spiro atoms. The number of nitrogens with zero attached hydrogens (tertiary/aromatic N) is 1. The van der Waals surface area contributed by atoms with Crippen LogP contribution in [-0.4, -0.2) is 33.6 Å². The highest BCUT2D eigenvalue weighted by Crippen LogP contribution is 2.30. The van der Waals surface area contributed by atoms with Crippen LogP contribution in [0.3, 0.4) is 0 Å². The molecule has 1 N–H and O–H groups in total. The van der Waals surface area contributed by atoms with Crippen LogP contribution in [0, 0.1) is 0 Å². The summed E-state index contributed by atoms with van der Waals surface area (Å²) < 4.78 is 43.5. The number of benzene rings is 2. The molecule has 3 rings (SSSR count). The van der Waals surface area contributed by atoms with Crippen LogP contribution >= 0.6 is 0 Å². The van der Waals surface area contributed by atoms with Gasteiger partial charge in [-0.2, -0.15) is 0 Å². The number of nitrogens with one attached hydrogen (secondary N) is 1. The molecule has 1 aromatic heterocycles. The highest BCUT2D eigenvalue weighted by Gasteiger charge is 2.21. The van der Waals surface area contributed by atoms with Crippen molar-refractivity contribution in [1.82, 2.24) is 4.98 Å². The van der Waals surface area contributed by atoms with Crippen LogP contribution in [0.2, 0.25) is 0 Å². The number of hydrogen-bond acceptors (Lipinski definition) is 7. The SMILES string of the molecule is COc1ccc(OC)c(S(=O)(=O)Nc2cnc3ccc(OC(C)=O)cc3c2)c1. The van der Waals surface area contributed by atoms with Crippen LogP contribution in [0.5, 0.6) is 17.2 Å². The van der Waals surface area contributed by atoms with Gasteiger partial charge in [0.05, 0.1) is 31.6 Å². The van der Waals surface area contributed by atoms with Gasteiger partial charge in [0.1, 0.15) is 22.1 Å². The molecule has 0 aliphatic heterocycles. The fourth-order valence-electron chi connectivity index (χ4n) is 2.60. The summed E-state index contributed by atoms with van der Waals surface area (Å²) in [6.07, 6.45) is 1.40. The van der Waals surface area contributed by atoms with E-state index in [0.29, 0.717) is 22.4 Å². The van der Waals surface area contributed by atoms with Crippen molar-refractivity contribution in [3.8, 4) is 17.2 Å². The predicted molar refractivity (Wildman–Crippen MR) is 103 cm³/mol. The Morgan fingerprint density at radius 2 is 1.75 bits per heavy atom. The Labute approximate surface area is 162 Å². The van der Waals surface area contributed by atoms with E-state index in [4.69, 9.17) is 14.2 Å². The molecule has 0 fully saturated rings. The minimum absolute atomic E-state index is 0.0666. The molecule has 0 saturated carbocycles. The molecule has 0 aliphatic carbocycles. The number of aromatic nitrogens is 1. The van der Waals surface area contributed by atoms with Crippen LogP contribution in [0.15, 0.2) is 53.6 Å². The maximum atomic E-state index is 12.9. The largest absolute Gasteiger partial charge is 0.497 e. The molecule has 28 heavy (non-hydrogen) atoms. The van der Waals surface area contributed by atoms with Gasteiger partial charge in [0.15, 0.2) is 0 Å². The number of rotatable bonds is 6. The van der Waals surface area contributed by atoms with Crippen LogP contribution in [-0.2, 0) is 14.8 Å². The Morgan fingerprint density at radius 1 is 1.00 bits per heavy atom. The van der Waals surface area contributed by atoms with Gasteiger partial charge in [0.2, 0.25) is 0 Å². The summed E-state index contributed by atoms with van der Waals surface area (Å²) in [4.78, 5) is 15.3. The maximum Gasteiger partial charge on any atom is 0.308 e. The molecule has 2 aromatic carbocycles. The van der Waals surface area contributed by atoms with Crippen LogP contribution in [0.4, 0.5) is 5.69 Å². The highest BCUT2D eigenvalue weighted by atomic mass is 32.2. The molecule has 3 aromatic rings.